The van der Waals surface area contributed by atoms with Crippen molar-refractivity contribution in [3.63, 3.8) is 0 Å². The summed E-state index contributed by atoms with van der Waals surface area (Å²) in [6.45, 7) is 6.37. The number of nitrogens with zero attached hydrogens (tertiary/aromatic N) is 1. The van der Waals surface area contributed by atoms with Gasteiger partial charge in [0.05, 0.1) is 5.92 Å². The van der Waals surface area contributed by atoms with Gasteiger partial charge in [0, 0.05) is 0 Å². The third-order valence-corrected chi connectivity index (χ3v) is 4.53. The van der Waals surface area contributed by atoms with E-state index < -0.39 is 5.76 Å². The molecule has 1 N–H and O–H groups in total. The lowest BCUT2D eigenvalue weighted by Gasteiger charge is -2.18. The van der Waals surface area contributed by atoms with Crippen LogP contribution in [0.5, 0.6) is 0 Å². The van der Waals surface area contributed by atoms with Crippen LogP contribution >= 0.6 is 0 Å². The van der Waals surface area contributed by atoms with E-state index in [0.717, 1.165) is 28.7 Å². The maximum Gasteiger partial charge on any atom is 0.438 e. The Bertz CT molecular complexity index is 965. The molecule has 1 atom stereocenters. The monoisotopic (exact) mass is 304 g/mol. The van der Waals surface area contributed by atoms with Gasteiger partial charge in [-0.25, -0.2) is 4.79 Å². The third-order valence-electron chi connectivity index (χ3n) is 4.53. The number of aromatic nitrogens is 2. The summed E-state index contributed by atoms with van der Waals surface area (Å²) < 4.78 is 4.76. The van der Waals surface area contributed by atoms with E-state index in [1.165, 1.54) is 11.1 Å². The Hall–Kier alpha value is -2.88. The fourth-order valence-electron chi connectivity index (χ4n) is 3.44. The van der Waals surface area contributed by atoms with Gasteiger partial charge >= 0.3 is 5.76 Å². The van der Waals surface area contributed by atoms with Gasteiger partial charge in [0.2, 0.25) is 0 Å². The minimum absolute atomic E-state index is 0.160. The van der Waals surface area contributed by atoms with Crippen molar-refractivity contribution in [2.24, 2.45) is 0 Å². The molecule has 0 saturated heterocycles. The molecule has 0 bridgehead atoms. The van der Waals surface area contributed by atoms with Crippen LogP contribution in [0.2, 0.25) is 0 Å². The highest BCUT2D eigenvalue weighted by Crippen LogP contribution is 2.41. The second kappa shape index (κ2) is 5.09. The molecule has 1 aromatic heterocycles. The van der Waals surface area contributed by atoms with Crippen LogP contribution in [0.3, 0.4) is 0 Å². The fourth-order valence-corrected chi connectivity index (χ4v) is 3.44. The first-order valence-electron chi connectivity index (χ1n) is 7.56. The molecular formula is C19H16N2O2. The summed E-state index contributed by atoms with van der Waals surface area (Å²) in [6.07, 6.45) is 0.789. The first kappa shape index (κ1) is 13.8. The summed E-state index contributed by atoms with van der Waals surface area (Å²) in [7, 11) is 0. The van der Waals surface area contributed by atoms with Crippen LogP contribution in [-0.2, 0) is 6.42 Å². The van der Waals surface area contributed by atoms with Crippen molar-refractivity contribution in [1.29, 1.82) is 0 Å². The molecule has 1 aliphatic rings. The van der Waals surface area contributed by atoms with Gasteiger partial charge in [0.1, 0.15) is 0 Å². The van der Waals surface area contributed by atoms with Crippen molar-refractivity contribution in [2.45, 2.75) is 19.3 Å². The molecule has 1 heterocycles. The second-order valence-corrected chi connectivity index (χ2v) is 5.92. The number of nitrogens with one attached hydrogen (secondary N) is 1. The van der Waals surface area contributed by atoms with Crippen molar-refractivity contribution in [3.8, 4) is 0 Å². The number of aryl methyl sites for hydroxylation is 1. The SMILES string of the molecule is C=C1Cc2c(C)cccc2C(c2noc(=O)[nH]2)c2ccccc21. The summed E-state index contributed by atoms with van der Waals surface area (Å²) in [5, 5.41) is 3.96. The highest BCUT2D eigenvalue weighted by Gasteiger charge is 2.29. The van der Waals surface area contributed by atoms with Crippen molar-refractivity contribution >= 4 is 5.57 Å². The van der Waals surface area contributed by atoms with E-state index in [2.05, 4.69) is 47.9 Å². The number of aromatic amines is 1. The van der Waals surface area contributed by atoms with E-state index in [9.17, 15) is 4.79 Å². The average Bonchev–Trinajstić information content (AvgIpc) is 2.91. The molecule has 0 saturated carbocycles. The van der Waals surface area contributed by atoms with Gasteiger partial charge in [0.25, 0.3) is 0 Å². The summed E-state index contributed by atoms with van der Waals surface area (Å²) in [4.78, 5) is 14.2. The molecule has 0 radical (unpaired) electrons. The molecule has 0 amide bonds. The topological polar surface area (TPSA) is 58.9 Å². The smallest absolute Gasteiger partial charge is 0.296 e. The molecule has 114 valence electrons. The summed E-state index contributed by atoms with van der Waals surface area (Å²) in [6, 6.07) is 14.4. The van der Waals surface area contributed by atoms with Crippen molar-refractivity contribution < 1.29 is 4.52 Å². The Morgan fingerprint density at radius 2 is 1.96 bits per heavy atom. The molecule has 2 aromatic carbocycles. The molecule has 3 aromatic rings. The molecule has 4 rings (SSSR count). The summed E-state index contributed by atoms with van der Waals surface area (Å²) in [5.74, 6) is -0.162. The number of allylic oxidation sites excluding steroid dienone is 1. The Balaban J connectivity index is 2.07. The minimum Gasteiger partial charge on any atom is -0.296 e. The number of rotatable bonds is 1. The molecule has 23 heavy (non-hydrogen) atoms. The predicted octanol–water partition coefficient (Wildman–Crippen LogP) is 3.42. The molecule has 4 nitrogen and oxygen atoms in total. The zero-order valence-corrected chi connectivity index (χ0v) is 12.8. The molecule has 1 aliphatic carbocycles. The lowest BCUT2D eigenvalue weighted by Crippen LogP contribution is -2.09. The number of H-pyrrole nitrogens is 1. The van der Waals surface area contributed by atoms with Crippen molar-refractivity contribution in [2.75, 3.05) is 0 Å². The number of benzene rings is 2. The first-order chi connectivity index (χ1) is 11.1. The largest absolute Gasteiger partial charge is 0.438 e. The Morgan fingerprint density at radius 1 is 1.17 bits per heavy atom. The van der Waals surface area contributed by atoms with E-state index >= 15 is 0 Å². The van der Waals surface area contributed by atoms with Gasteiger partial charge in [-0.15, -0.1) is 0 Å². The van der Waals surface area contributed by atoms with E-state index in [1.807, 2.05) is 18.2 Å². The number of hydrogen-bond acceptors (Lipinski definition) is 3. The Kier molecular flexibility index (Phi) is 3.05. The normalized spacial score (nSPS) is 16.6. The lowest BCUT2D eigenvalue weighted by molar-refractivity contribution is 0.380. The van der Waals surface area contributed by atoms with Gasteiger partial charge in [-0.3, -0.25) is 9.51 Å². The molecule has 0 fully saturated rings. The molecular weight excluding hydrogens is 288 g/mol. The number of hydrogen-bond donors (Lipinski definition) is 1. The van der Waals surface area contributed by atoms with Crippen LogP contribution in [0, 0.1) is 6.92 Å². The predicted molar refractivity (Wildman–Crippen MR) is 88.4 cm³/mol. The number of fused-ring (bicyclic) bond motifs is 2. The average molecular weight is 304 g/mol. The van der Waals surface area contributed by atoms with Crippen molar-refractivity contribution in [3.05, 3.63) is 93.2 Å². The Labute approximate surface area is 133 Å². The minimum atomic E-state index is -0.533. The highest BCUT2D eigenvalue weighted by molar-refractivity contribution is 5.73. The fraction of sp³-hybridized carbons (Fsp3) is 0.158. The first-order valence-corrected chi connectivity index (χ1v) is 7.56. The highest BCUT2D eigenvalue weighted by atomic mass is 16.5. The van der Waals surface area contributed by atoms with E-state index in [-0.39, 0.29) is 5.92 Å². The van der Waals surface area contributed by atoms with Crippen LogP contribution in [0.25, 0.3) is 5.57 Å². The van der Waals surface area contributed by atoms with Crippen LogP contribution in [0.1, 0.15) is 39.6 Å². The molecule has 0 aliphatic heterocycles. The van der Waals surface area contributed by atoms with Gasteiger partial charge in [-0.2, -0.15) is 0 Å². The van der Waals surface area contributed by atoms with Gasteiger partial charge in [-0.05, 0) is 46.7 Å². The summed E-state index contributed by atoms with van der Waals surface area (Å²) >= 11 is 0. The van der Waals surface area contributed by atoms with Crippen LogP contribution in [0.15, 0.2) is 58.4 Å². The van der Waals surface area contributed by atoms with E-state index in [4.69, 9.17) is 4.52 Å². The zero-order valence-electron chi connectivity index (χ0n) is 12.8. The lowest BCUT2D eigenvalue weighted by atomic mass is 9.86. The third kappa shape index (κ3) is 2.14. The van der Waals surface area contributed by atoms with Gasteiger partial charge < -0.3 is 0 Å². The van der Waals surface area contributed by atoms with Crippen molar-refractivity contribution in [1.82, 2.24) is 10.1 Å². The molecule has 0 spiro atoms. The van der Waals surface area contributed by atoms with Crippen LogP contribution in [-0.4, -0.2) is 10.1 Å². The molecule has 4 heteroatoms. The van der Waals surface area contributed by atoms with Gasteiger partial charge in [-0.1, -0.05) is 54.2 Å². The van der Waals surface area contributed by atoms with E-state index in [0.29, 0.717) is 5.82 Å². The van der Waals surface area contributed by atoms with Crippen LogP contribution < -0.4 is 5.76 Å². The standard InChI is InChI=1S/C19H16N2O2/c1-11-6-5-9-15-16(11)10-12(2)13-7-3-4-8-14(13)17(15)18-20-19(22)23-21-18/h3-9,17H,2,10H2,1H3,(H,20,21,22). The molecule has 1 unspecified atom stereocenters. The van der Waals surface area contributed by atoms with Gasteiger partial charge in [0.15, 0.2) is 5.82 Å². The summed E-state index contributed by atoms with van der Waals surface area (Å²) in [5.41, 5.74) is 6.86. The quantitative estimate of drug-likeness (QED) is 0.749. The maximum atomic E-state index is 11.5. The van der Waals surface area contributed by atoms with Crippen LogP contribution in [0.4, 0.5) is 0 Å². The van der Waals surface area contributed by atoms with E-state index in [1.54, 1.807) is 0 Å². The maximum absolute atomic E-state index is 11.5. The Morgan fingerprint density at radius 3 is 2.74 bits per heavy atom. The zero-order chi connectivity index (χ0) is 16.0. The second-order valence-electron chi connectivity index (χ2n) is 5.92.